The molecule has 0 unspecified atom stereocenters. The minimum absolute atomic E-state index is 0.0275. The van der Waals surface area contributed by atoms with Crippen molar-refractivity contribution < 1.29 is 9.53 Å². The second kappa shape index (κ2) is 6.61. The van der Waals surface area contributed by atoms with E-state index in [1.807, 2.05) is 0 Å². The third-order valence-corrected chi connectivity index (χ3v) is 3.15. The maximum Gasteiger partial charge on any atom is 0.253 e. The molecule has 0 aromatic heterocycles. The third kappa shape index (κ3) is 4.02. The molecule has 1 amide bonds. The molecule has 0 aliphatic rings. The summed E-state index contributed by atoms with van der Waals surface area (Å²) in [5.41, 5.74) is 6.92. The first-order valence-electron chi connectivity index (χ1n) is 5.35. The van der Waals surface area contributed by atoms with Crippen molar-refractivity contribution >= 4 is 27.5 Å². The van der Waals surface area contributed by atoms with Crippen LogP contribution in [0.1, 0.15) is 16.8 Å². The summed E-state index contributed by atoms with van der Waals surface area (Å²) in [7, 11) is 3.42. The number of hydrogen-bond acceptors (Lipinski definition) is 3. The Bertz CT molecular complexity index is 396. The summed E-state index contributed by atoms with van der Waals surface area (Å²) in [6.07, 6.45) is 0.824. The molecule has 2 N–H and O–H groups in total. The topological polar surface area (TPSA) is 55.6 Å². The molecule has 0 fully saturated rings. The number of rotatable bonds is 5. The average molecular weight is 301 g/mol. The summed E-state index contributed by atoms with van der Waals surface area (Å²) in [5.74, 6) is -0.0275. The summed E-state index contributed by atoms with van der Waals surface area (Å²) in [6.45, 7) is 1.32. The van der Waals surface area contributed by atoms with Crippen LogP contribution in [0, 0.1) is 0 Å². The molecule has 0 aliphatic heterocycles. The van der Waals surface area contributed by atoms with Gasteiger partial charge in [-0.1, -0.05) is 0 Å². The number of carbonyl (C=O) groups excluding carboxylic acids is 1. The zero-order chi connectivity index (χ0) is 12.8. The molecule has 1 aromatic carbocycles. The van der Waals surface area contributed by atoms with Crippen LogP contribution in [-0.4, -0.2) is 38.1 Å². The SMILES string of the molecule is COCCCN(C)C(=O)c1ccc(Br)c(N)c1. The molecule has 0 aliphatic carbocycles. The number of hydrogen-bond donors (Lipinski definition) is 1. The third-order valence-electron chi connectivity index (χ3n) is 2.43. The summed E-state index contributed by atoms with van der Waals surface area (Å²) in [5, 5.41) is 0. The molecule has 94 valence electrons. The first-order valence-corrected chi connectivity index (χ1v) is 6.15. The summed E-state index contributed by atoms with van der Waals surface area (Å²) in [4.78, 5) is 13.7. The van der Waals surface area contributed by atoms with Crippen molar-refractivity contribution in [2.45, 2.75) is 6.42 Å². The van der Waals surface area contributed by atoms with E-state index in [1.54, 1.807) is 37.3 Å². The molecule has 1 rings (SSSR count). The van der Waals surface area contributed by atoms with Crippen LogP contribution in [-0.2, 0) is 4.74 Å². The molecular weight excluding hydrogens is 284 g/mol. The van der Waals surface area contributed by atoms with Crippen molar-refractivity contribution in [2.24, 2.45) is 0 Å². The highest BCUT2D eigenvalue weighted by molar-refractivity contribution is 9.10. The van der Waals surface area contributed by atoms with E-state index in [2.05, 4.69) is 15.9 Å². The number of nitrogens with two attached hydrogens (primary N) is 1. The van der Waals surface area contributed by atoms with Crippen LogP contribution in [0.4, 0.5) is 5.69 Å². The number of nitrogen functional groups attached to an aromatic ring is 1. The highest BCUT2D eigenvalue weighted by Gasteiger charge is 2.12. The average Bonchev–Trinajstić information content (AvgIpc) is 2.32. The van der Waals surface area contributed by atoms with Crippen molar-refractivity contribution in [1.82, 2.24) is 4.90 Å². The quantitative estimate of drug-likeness (QED) is 0.669. The van der Waals surface area contributed by atoms with Gasteiger partial charge in [0.05, 0.1) is 0 Å². The number of methoxy groups -OCH3 is 1. The van der Waals surface area contributed by atoms with E-state index < -0.39 is 0 Å². The fourth-order valence-corrected chi connectivity index (χ4v) is 1.69. The fourth-order valence-electron chi connectivity index (χ4n) is 1.44. The molecule has 0 spiro atoms. The lowest BCUT2D eigenvalue weighted by Crippen LogP contribution is -2.28. The van der Waals surface area contributed by atoms with E-state index in [0.717, 1.165) is 10.9 Å². The van der Waals surface area contributed by atoms with Crippen molar-refractivity contribution in [3.8, 4) is 0 Å². The van der Waals surface area contributed by atoms with Gasteiger partial charge in [-0.2, -0.15) is 0 Å². The lowest BCUT2D eigenvalue weighted by molar-refractivity contribution is 0.0779. The van der Waals surface area contributed by atoms with E-state index in [-0.39, 0.29) is 5.91 Å². The Kier molecular flexibility index (Phi) is 5.44. The normalized spacial score (nSPS) is 10.3. The van der Waals surface area contributed by atoms with E-state index in [0.29, 0.717) is 24.4 Å². The zero-order valence-corrected chi connectivity index (χ0v) is 11.7. The van der Waals surface area contributed by atoms with Gasteiger partial charge in [-0.15, -0.1) is 0 Å². The van der Waals surface area contributed by atoms with Crippen LogP contribution in [0.15, 0.2) is 22.7 Å². The maximum atomic E-state index is 12.0. The van der Waals surface area contributed by atoms with Gasteiger partial charge in [-0.3, -0.25) is 4.79 Å². The smallest absolute Gasteiger partial charge is 0.253 e. The van der Waals surface area contributed by atoms with Gasteiger partial charge >= 0.3 is 0 Å². The number of carbonyl (C=O) groups is 1. The molecule has 4 nitrogen and oxygen atoms in total. The van der Waals surface area contributed by atoms with Gasteiger partial charge in [0, 0.05) is 43.0 Å². The number of nitrogens with zero attached hydrogens (tertiary/aromatic N) is 1. The first kappa shape index (κ1) is 14.0. The Morgan fingerprint density at radius 3 is 2.82 bits per heavy atom. The highest BCUT2D eigenvalue weighted by Crippen LogP contribution is 2.20. The van der Waals surface area contributed by atoms with E-state index in [4.69, 9.17) is 10.5 Å². The monoisotopic (exact) mass is 300 g/mol. The van der Waals surface area contributed by atoms with E-state index in [1.165, 1.54) is 0 Å². The second-order valence-electron chi connectivity index (χ2n) is 3.81. The van der Waals surface area contributed by atoms with Crippen LogP contribution in [0.25, 0.3) is 0 Å². The molecular formula is C12H17BrN2O2. The van der Waals surface area contributed by atoms with E-state index >= 15 is 0 Å². The highest BCUT2D eigenvalue weighted by atomic mass is 79.9. The van der Waals surface area contributed by atoms with Gasteiger partial charge in [-0.05, 0) is 40.5 Å². The molecule has 17 heavy (non-hydrogen) atoms. The minimum Gasteiger partial charge on any atom is -0.398 e. The minimum atomic E-state index is -0.0275. The number of amides is 1. The van der Waals surface area contributed by atoms with Crippen LogP contribution in [0.5, 0.6) is 0 Å². The number of halogens is 1. The molecule has 0 bridgehead atoms. The van der Waals surface area contributed by atoms with Crippen molar-refractivity contribution in [3.63, 3.8) is 0 Å². The Morgan fingerprint density at radius 1 is 1.53 bits per heavy atom. The molecule has 0 atom stereocenters. The van der Waals surface area contributed by atoms with Crippen molar-refractivity contribution in [3.05, 3.63) is 28.2 Å². The van der Waals surface area contributed by atoms with Gasteiger partial charge in [-0.25, -0.2) is 0 Å². The molecule has 0 heterocycles. The van der Waals surface area contributed by atoms with Gasteiger partial charge in [0.15, 0.2) is 0 Å². The zero-order valence-electron chi connectivity index (χ0n) is 10.1. The number of anilines is 1. The Hall–Kier alpha value is -1.07. The van der Waals surface area contributed by atoms with Gasteiger partial charge in [0.1, 0.15) is 0 Å². The first-order chi connectivity index (χ1) is 8.06. The van der Waals surface area contributed by atoms with Gasteiger partial charge in [0.2, 0.25) is 0 Å². The van der Waals surface area contributed by atoms with Gasteiger partial charge in [0.25, 0.3) is 5.91 Å². The summed E-state index contributed by atoms with van der Waals surface area (Å²) in [6, 6.07) is 5.22. The molecule has 0 saturated carbocycles. The fraction of sp³-hybridized carbons (Fsp3) is 0.417. The Morgan fingerprint density at radius 2 is 2.24 bits per heavy atom. The molecule has 5 heteroatoms. The molecule has 1 aromatic rings. The molecule has 0 saturated heterocycles. The van der Waals surface area contributed by atoms with Crippen LogP contribution in [0.3, 0.4) is 0 Å². The standard InChI is InChI=1S/C12H17BrN2O2/c1-15(6-3-7-17-2)12(16)9-4-5-10(13)11(14)8-9/h4-5,8H,3,6-7,14H2,1-2H3. The second-order valence-corrected chi connectivity index (χ2v) is 4.66. The Labute approximate surface area is 110 Å². The predicted molar refractivity (Wildman–Crippen MR) is 72.0 cm³/mol. The maximum absolute atomic E-state index is 12.0. The number of benzene rings is 1. The van der Waals surface area contributed by atoms with Crippen molar-refractivity contribution in [1.29, 1.82) is 0 Å². The Balaban J connectivity index is 2.65. The van der Waals surface area contributed by atoms with Crippen LogP contribution in [0.2, 0.25) is 0 Å². The summed E-state index contributed by atoms with van der Waals surface area (Å²) >= 11 is 3.30. The van der Waals surface area contributed by atoms with Crippen LogP contribution < -0.4 is 5.73 Å². The largest absolute Gasteiger partial charge is 0.398 e. The lowest BCUT2D eigenvalue weighted by atomic mass is 10.2. The van der Waals surface area contributed by atoms with Gasteiger partial charge < -0.3 is 15.4 Å². The van der Waals surface area contributed by atoms with Crippen LogP contribution >= 0.6 is 15.9 Å². The molecule has 0 radical (unpaired) electrons. The predicted octanol–water partition coefficient (Wildman–Crippen LogP) is 2.14. The number of ether oxygens (including phenoxy) is 1. The van der Waals surface area contributed by atoms with E-state index in [9.17, 15) is 4.79 Å². The summed E-state index contributed by atoms with van der Waals surface area (Å²) < 4.78 is 5.75. The lowest BCUT2D eigenvalue weighted by Gasteiger charge is -2.17. The van der Waals surface area contributed by atoms with Crippen molar-refractivity contribution in [2.75, 3.05) is 33.0 Å².